The Labute approximate surface area is 149 Å². The van der Waals surface area contributed by atoms with Crippen molar-refractivity contribution < 1.29 is 14.3 Å². The summed E-state index contributed by atoms with van der Waals surface area (Å²) in [6.07, 6.45) is 0.831. The number of hydrogen-bond donors (Lipinski definition) is 1. The van der Waals surface area contributed by atoms with Gasteiger partial charge in [0.05, 0.1) is 12.6 Å². The van der Waals surface area contributed by atoms with Crippen LogP contribution in [0.3, 0.4) is 0 Å². The zero-order valence-electron chi connectivity index (χ0n) is 15.2. The molecule has 1 aromatic carbocycles. The van der Waals surface area contributed by atoms with Crippen LogP contribution in [-0.4, -0.2) is 59.4 Å². The van der Waals surface area contributed by atoms with Crippen molar-refractivity contribution in [3.8, 4) is 5.75 Å². The number of ether oxygens (including phenoxy) is 1. The van der Waals surface area contributed by atoms with E-state index in [-0.39, 0.29) is 29.9 Å². The minimum atomic E-state index is -0.140. The first-order valence-corrected chi connectivity index (χ1v) is 9.01. The normalized spacial score (nSPS) is 26.4. The number of piperazine rings is 1. The first-order valence-electron chi connectivity index (χ1n) is 9.01. The SMILES string of the molecule is CCOc1ccc(CN2CC3CC(NC(C)=O)CN3C(=O)C2C)cc1. The van der Waals surface area contributed by atoms with Gasteiger partial charge in [-0.2, -0.15) is 0 Å². The van der Waals surface area contributed by atoms with E-state index in [0.29, 0.717) is 13.2 Å². The molecule has 2 fully saturated rings. The first kappa shape index (κ1) is 17.7. The Bertz CT molecular complexity index is 631. The zero-order chi connectivity index (χ0) is 18.0. The monoisotopic (exact) mass is 345 g/mol. The van der Waals surface area contributed by atoms with Crippen molar-refractivity contribution >= 4 is 11.8 Å². The van der Waals surface area contributed by atoms with Crippen LogP contribution in [0.15, 0.2) is 24.3 Å². The van der Waals surface area contributed by atoms with Crippen molar-refractivity contribution in [2.75, 3.05) is 19.7 Å². The standard InChI is InChI=1S/C19H27N3O3/c1-4-25-18-7-5-15(6-8-18)10-21-12-17-9-16(20-14(3)23)11-22(17)19(24)13(21)2/h5-8,13,16-17H,4,9-12H2,1-3H3,(H,20,23). The molecule has 1 N–H and O–H groups in total. The van der Waals surface area contributed by atoms with Crippen molar-refractivity contribution in [3.05, 3.63) is 29.8 Å². The average molecular weight is 345 g/mol. The average Bonchev–Trinajstić information content (AvgIpc) is 2.96. The highest BCUT2D eigenvalue weighted by Crippen LogP contribution is 2.27. The van der Waals surface area contributed by atoms with Crippen LogP contribution in [0.5, 0.6) is 5.75 Å². The van der Waals surface area contributed by atoms with Crippen LogP contribution in [0.2, 0.25) is 0 Å². The summed E-state index contributed by atoms with van der Waals surface area (Å²) in [6, 6.07) is 8.19. The van der Waals surface area contributed by atoms with Gasteiger partial charge in [-0.3, -0.25) is 14.5 Å². The minimum absolute atomic E-state index is 0.0309. The smallest absolute Gasteiger partial charge is 0.240 e. The van der Waals surface area contributed by atoms with E-state index in [9.17, 15) is 9.59 Å². The molecule has 6 nitrogen and oxygen atoms in total. The van der Waals surface area contributed by atoms with Crippen LogP contribution >= 0.6 is 0 Å². The second-order valence-electron chi connectivity index (χ2n) is 6.96. The van der Waals surface area contributed by atoms with E-state index >= 15 is 0 Å². The molecule has 2 saturated heterocycles. The Morgan fingerprint density at radius 3 is 2.64 bits per heavy atom. The van der Waals surface area contributed by atoms with E-state index in [4.69, 9.17) is 4.74 Å². The summed E-state index contributed by atoms with van der Waals surface area (Å²) in [6.45, 7) is 8.34. The number of amides is 2. The largest absolute Gasteiger partial charge is 0.494 e. The molecule has 3 atom stereocenters. The third-order valence-corrected chi connectivity index (χ3v) is 5.08. The molecule has 0 radical (unpaired) electrons. The second-order valence-corrected chi connectivity index (χ2v) is 6.96. The molecule has 25 heavy (non-hydrogen) atoms. The molecule has 1 aromatic rings. The van der Waals surface area contributed by atoms with Crippen LogP contribution < -0.4 is 10.1 Å². The van der Waals surface area contributed by atoms with Gasteiger partial charge in [-0.05, 0) is 38.0 Å². The Hall–Kier alpha value is -2.08. The summed E-state index contributed by atoms with van der Waals surface area (Å²) in [5.74, 6) is 1.00. The number of nitrogens with one attached hydrogen (secondary N) is 1. The number of carbonyl (C=O) groups excluding carboxylic acids is 2. The highest BCUT2D eigenvalue weighted by molar-refractivity contribution is 5.83. The molecule has 2 aliphatic heterocycles. The van der Waals surface area contributed by atoms with Crippen LogP contribution in [0.4, 0.5) is 0 Å². The van der Waals surface area contributed by atoms with Gasteiger partial charge in [-0.1, -0.05) is 12.1 Å². The molecule has 0 saturated carbocycles. The van der Waals surface area contributed by atoms with Gasteiger partial charge in [0.1, 0.15) is 5.75 Å². The van der Waals surface area contributed by atoms with Gasteiger partial charge in [-0.25, -0.2) is 0 Å². The predicted octanol–water partition coefficient (Wildman–Crippen LogP) is 1.40. The summed E-state index contributed by atoms with van der Waals surface area (Å²) in [4.78, 5) is 28.2. The second kappa shape index (κ2) is 7.44. The fourth-order valence-electron chi connectivity index (χ4n) is 3.87. The van der Waals surface area contributed by atoms with E-state index < -0.39 is 0 Å². The molecule has 136 valence electrons. The summed E-state index contributed by atoms with van der Waals surface area (Å²) in [5, 5.41) is 2.95. The molecular formula is C19H27N3O3. The molecule has 2 heterocycles. The lowest BCUT2D eigenvalue weighted by molar-refractivity contribution is -0.143. The summed E-state index contributed by atoms with van der Waals surface area (Å²) in [7, 11) is 0. The van der Waals surface area contributed by atoms with E-state index in [2.05, 4.69) is 22.3 Å². The molecule has 2 amide bonds. The quantitative estimate of drug-likeness (QED) is 0.876. The lowest BCUT2D eigenvalue weighted by Crippen LogP contribution is -2.58. The number of carbonyl (C=O) groups is 2. The molecule has 0 aliphatic carbocycles. The van der Waals surface area contributed by atoms with Crippen LogP contribution in [0, 0.1) is 0 Å². The molecule has 0 bridgehead atoms. The topological polar surface area (TPSA) is 61.9 Å². The molecule has 0 aromatic heterocycles. The van der Waals surface area contributed by atoms with E-state index in [1.54, 1.807) is 0 Å². The maximum Gasteiger partial charge on any atom is 0.240 e. The Balaban J connectivity index is 1.65. The molecule has 3 unspecified atom stereocenters. The Morgan fingerprint density at radius 2 is 2.00 bits per heavy atom. The number of benzene rings is 1. The third kappa shape index (κ3) is 3.95. The Kier molecular flexibility index (Phi) is 5.27. The highest BCUT2D eigenvalue weighted by atomic mass is 16.5. The highest BCUT2D eigenvalue weighted by Gasteiger charge is 2.43. The van der Waals surface area contributed by atoms with Crippen LogP contribution in [0.25, 0.3) is 0 Å². The van der Waals surface area contributed by atoms with E-state index in [1.165, 1.54) is 12.5 Å². The summed E-state index contributed by atoms with van der Waals surface area (Å²) >= 11 is 0. The van der Waals surface area contributed by atoms with Gasteiger partial charge in [0.25, 0.3) is 0 Å². The molecular weight excluding hydrogens is 318 g/mol. The van der Waals surface area contributed by atoms with Crippen molar-refractivity contribution in [1.82, 2.24) is 15.1 Å². The summed E-state index contributed by atoms with van der Waals surface area (Å²) in [5.41, 5.74) is 1.17. The van der Waals surface area contributed by atoms with Gasteiger partial charge < -0.3 is 15.0 Å². The van der Waals surface area contributed by atoms with E-state index in [1.807, 2.05) is 30.9 Å². The first-order chi connectivity index (χ1) is 12.0. The Morgan fingerprint density at radius 1 is 1.28 bits per heavy atom. The number of nitrogens with zero attached hydrogens (tertiary/aromatic N) is 2. The minimum Gasteiger partial charge on any atom is -0.494 e. The van der Waals surface area contributed by atoms with Gasteiger partial charge in [0, 0.05) is 38.6 Å². The van der Waals surface area contributed by atoms with Gasteiger partial charge in [0.15, 0.2) is 0 Å². The van der Waals surface area contributed by atoms with Gasteiger partial charge in [0.2, 0.25) is 11.8 Å². The lowest BCUT2D eigenvalue weighted by atomic mass is 10.1. The lowest BCUT2D eigenvalue weighted by Gasteiger charge is -2.41. The number of fused-ring (bicyclic) bond motifs is 1. The fourth-order valence-corrected chi connectivity index (χ4v) is 3.87. The van der Waals surface area contributed by atoms with E-state index in [0.717, 1.165) is 25.3 Å². The van der Waals surface area contributed by atoms with Crippen molar-refractivity contribution in [2.45, 2.75) is 51.9 Å². The number of rotatable bonds is 5. The number of hydrogen-bond acceptors (Lipinski definition) is 4. The van der Waals surface area contributed by atoms with Crippen LogP contribution in [0.1, 0.15) is 32.8 Å². The summed E-state index contributed by atoms with van der Waals surface area (Å²) < 4.78 is 5.48. The zero-order valence-corrected chi connectivity index (χ0v) is 15.2. The van der Waals surface area contributed by atoms with Crippen molar-refractivity contribution in [2.24, 2.45) is 0 Å². The van der Waals surface area contributed by atoms with Gasteiger partial charge >= 0.3 is 0 Å². The van der Waals surface area contributed by atoms with Crippen molar-refractivity contribution in [3.63, 3.8) is 0 Å². The third-order valence-electron chi connectivity index (χ3n) is 5.08. The maximum atomic E-state index is 12.7. The molecule has 0 spiro atoms. The maximum absolute atomic E-state index is 12.7. The van der Waals surface area contributed by atoms with Crippen LogP contribution in [-0.2, 0) is 16.1 Å². The predicted molar refractivity (Wildman–Crippen MR) is 95.2 cm³/mol. The fraction of sp³-hybridized carbons (Fsp3) is 0.579. The molecule has 2 aliphatic rings. The molecule has 6 heteroatoms. The van der Waals surface area contributed by atoms with Gasteiger partial charge in [-0.15, -0.1) is 0 Å². The molecule has 3 rings (SSSR count). The van der Waals surface area contributed by atoms with Crippen molar-refractivity contribution in [1.29, 1.82) is 0 Å².